The largest absolute Gasteiger partial charge is 0.390 e. The fraction of sp³-hybridized carbons (Fsp3) is 1.00. The number of methoxy groups -OCH3 is 1. The van der Waals surface area contributed by atoms with E-state index < -0.39 is 12.6 Å². The maximum atomic E-state index is 11.9. The average molecular weight is 228 g/mol. The molecule has 15 heavy (non-hydrogen) atoms. The van der Waals surface area contributed by atoms with E-state index in [1.165, 1.54) is 0 Å². The molecule has 2 N–H and O–H groups in total. The molecular formula is C9H19F3N2O. The van der Waals surface area contributed by atoms with Gasteiger partial charge in [-0.05, 0) is 13.5 Å². The Bertz CT molecular complexity index is 164. The van der Waals surface area contributed by atoms with Crippen molar-refractivity contribution < 1.29 is 17.9 Å². The SMILES string of the molecule is COCCC(N)CN(C)CCC(F)(F)F. The summed E-state index contributed by atoms with van der Waals surface area (Å²) in [5.41, 5.74) is 5.70. The highest BCUT2D eigenvalue weighted by Crippen LogP contribution is 2.19. The minimum Gasteiger partial charge on any atom is -0.385 e. The van der Waals surface area contributed by atoms with Crippen LogP contribution < -0.4 is 5.73 Å². The molecule has 0 amide bonds. The van der Waals surface area contributed by atoms with Crippen LogP contribution in [0.15, 0.2) is 0 Å². The third kappa shape index (κ3) is 9.96. The van der Waals surface area contributed by atoms with Crippen molar-refractivity contribution in [3.05, 3.63) is 0 Å². The van der Waals surface area contributed by atoms with Gasteiger partial charge in [0, 0.05) is 32.8 Å². The van der Waals surface area contributed by atoms with Crippen molar-refractivity contribution in [2.45, 2.75) is 25.1 Å². The number of hydrogen-bond acceptors (Lipinski definition) is 3. The number of nitrogens with zero attached hydrogens (tertiary/aromatic N) is 1. The van der Waals surface area contributed by atoms with E-state index in [0.29, 0.717) is 19.6 Å². The molecule has 6 heteroatoms. The van der Waals surface area contributed by atoms with Crippen LogP contribution in [-0.4, -0.2) is 51.0 Å². The fourth-order valence-corrected chi connectivity index (χ4v) is 1.17. The first kappa shape index (κ1) is 14.7. The Balaban J connectivity index is 3.59. The van der Waals surface area contributed by atoms with Crippen LogP contribution in [0.1, 0.15) is 12.8 Å². The fourth-order valence-electron chi connectivity index (χ4n) is 1.17. The number of halogens is 3. The first-order valence-corrected chi connectivity index (χ1v) is 4.85. The highest BCUT2D eigenvalue weighted by Gasteiger charge is 2.27. The third-order valence-electron chi connectivity index (χ3n) is 2.02. The summed E-state index contributed by atoms with van der Waals surface area (Å²) in [7, 11) is 3.21. The molecule has 0 aromatic rings. The molecule has 0 aromatic heterocycles. The van der Waals surface area contributed by atoms with Crippen LogP contribution in [-0.2, 0) is 4.74 Å². The van der Waals surface area contributed by atoms with E-state index in [4.69, 9.17) is 10.5 Å². The highest BCUT2D eigenvalue weighted by atomic mass is 19.4. The molecule has 3 nitrogen and oxygen atoms in total. The van der Waals surface area contributed by atoms with Gasteiger partial charge in [-0.2, -0.15) is 13.2 Å². The molecule has 0 aliphatic carbocycles. The van der Waals surface area contributed by atoms with E-state index >= 15 is 0 Å². The first-order chi connectivity index (χ1) is 6.85. The van der Waals surface area contributed by atoms with Gasteiger partial charge in [0.25, 0.3) is 0 Å². The third-order valence-corrected chi connectivity index (χ3v) is 2.02. The van der Waals surface area contributed by atoms with E-state index in [1.807, 2.05) is 0 Å². The Kier molecular flexibility index (Phi) is 6.87. The van der Waals surface area contributed by atoms with Crippen molar-refractivity contribution in [1.29, 1.82) is 0 Å². The molecule has 92 valence electrons. The Hall–Kier alpha value is -0.330. The number of nitrogens with two attached hydrogens (primary N) is 1. The van der Waals surface area contributed by atoms with Crippen molar-refractivity contribution in [2.75, 3.05) is 33.9 Å². The predicted molar refractivity (Wildman–Crippen MR) is 52.6 cm³/mol. The maximum Gasteiger partial charge on any atom is 0.390 e. The molecule has 0 spiro atoms. The van der Waals surface area contributed by atoms with E-state index in [1.54, 1.807) is 19.1 Å². The molecule has 0 saturated carbocycles. The molecule has 0 aliphatic rings. The summed E-state index contributed by atoms with van der Waals surface area (Å²) in [6.07, 6.45) is -4.22. The lowest BCUT2D eigenvalue weighted by Gasteiger charge is -2.21. The molecule has 0 bridgehead atoms. The summed E-state index contributed by atoms with van der Waals surface area (Å²) in [4.78, 5) is 1.59. The van der Waals surface area contributed by atoms with Crippen molar-refractivity contribution in [1.82, 2.24) is 4.90 Å². The Morgan fingerprint density at radius 3 is 2.47 bits per heavy atom. The van der Waals surface area contributed by atoms with Crippen molar-refractivity contribution >= 4 is 0 Å². The monoisotopic (exact) mass is 228 g/mol. The quantitative estimate of drug-likeness (QED) is 0.712. The zero-order valence-electron chi connectivity index (χ0n) is 9.18. The van der Waals surface area contributed by atoms with Gasteiger partial charge in [-0.25, -0.2) is 0 Å². The minimum absolute atomic E-state index is 0.00974. The molecule has 0 radical (unpaired) electrons. The van der Waals surface area contributed by atoms with Gasteiger partial charge < -0.3 is 15.4 Å². The van der Waals surface area contributed by atoms with Crippen molar-refractivity contribution in [3.63, 3.8) is 0 Å². The summed E-state index contributed by atoms with van der Waals surface area (Å²) in [6.45, 7) is 0.984. The Morgan fingerprint density at radius 1 is 1.40 bits per heavy atom. The normalized spacial score (nSPS) is 14.6. The number of rotatable bonds is 7. The lowest BCUT2D eigenvalue weighted by atomic mass is 10.2. The Morgan fingerprint density at radius 2 is 2.00 bits per heavy atom. The van der Waals surface area contributed by atoms with Crippen LogP contribution in [0, 0.1) is 0 Å². The minimum atomic E-state index is -4.09. The average Bonchev–Trinajstić information content (AvgIpc) is 2.10. The second kappa shape index (κ2) is 7.03. The molecule has 0 rings (SSSR count). The summed E-state index contributed by atoms with van der Waals surface area (Å²) in [5.74, 6) is 0. The van der Waals surface area contributed by atoms with E-state index in [9.17, 15) is 13.2 Å². The molecule has 0 heterocycles. The van der Waals surface area contributed by atoms with Crippen LogP contribution in [0.25, 0.3) is 0 Å². The van der Waals surface area contributed by atoms with Gasteiger partial charge in [0.05, 0.1) is 6.42 Å². The molecule has 0 fully saturated rings. The molecule has 1 unspecified atom stereocenters. The Labute approximate surface area is 88.4 Å². The van der Waals surface area contributed by atoms with Gasteiger partial charge in [-0.15, -0.1) is 0 Å². The van der Waals surface area contributed by atoms with Crippen LogP contribution in [0.2, 0.25) is 0 Å². The molecule has 0 aromatic carbocycles. The van der Waals surface area contributed by atoms with E-state index in [2.05, 4.69) is 0 Å². The van der Waals surface area contributed by atoms with Gasteiger partial charge in [0.15, 0.2) is 0 Å². The van der Waals surface area contributed by atoms with Gasteiger partial charge in [0.1, 0.15) is 0 Å². The van der Waals surface area contributed by atoms with E-state index in [-0.39, 0.29) is 12.6 Å². The van der Waals surface area contributed by atoms with Gasteiger partial charge in [-0.1, -0.05) is 0 Å². The number of hydrogen-bond donors (Lipinski definition) is 1. The lowest BCUT2D eigenvalue weighted by Crippen LogP contribution is -2.37. The summed E-state index contributed by atoms with van der Waals surface area (Å²) >= 11 is 0. The topological polar surface area (TPSA) is 38.5 Å². The second-order valence-corrected chi connectivity index (χ2v) is 3.67. The maximum absolute atomic E-state index is 11.9. The second-order valence-electron chi connectivity index (χ2n) is 3.67. The number of likely N-dealkylation sites (N-methyl/N-ethyl adjacent to an activating group) is 1. The van der Waals surface area contributed by atoms with Crippen molar-refractivity contribution in [3.8, 4) is 0 Å². The van der Waals surface area contributed by atoms with Crippen molar-refractivity contribution in [2.24, 2.45) is 5.73 Å². The summed E-state index contributed by atoms with van der Waals surface area (Å²) in [6, 6.07) is -0.136. The summed E-state index contributed by atoms with van der Waals surface area (Å²) < 4.78 is 40.5. The number of alkyl halides is 3. The van der Waals surface area contributed by atoms with Crippen LogP contribution in [0.3, 0.4) is 0 Å². The predicted octanol–water partition coefficient (Wildman–Crippen LogP) is 1.23. The van der Waals surface area contributed by atoms with E-state index in [0.717, 1.165) is 0 Å². The molecular weight excluding hydrogens is 209 g/mol. The standard InChI is InChI=1S/C9H19F3N2O/c1-14(5-4-9(10,11)12)7-8(13)3-6-15-2/h8H,3-7,13H2,1-2H3. The molecule has 0 saturated heterocycles. The zero-order chi connectivity index (χ0) is 11.9. The van der Waals surface area contributed by atoms with Gasteiger partial charge in [-0.3, -0.25) is 0 Å². The summed E-state index contributed by atoms with van der Waals surface area (Å²) in [5, 5.41) is 0. The van der Waals surface area contributed by atoms with Crippen LogP contribution >= 0.6 is 0 Å². The van der Waals surface area contributed by atoms with Crippen LogP contribution in [0.5, 0.6) is 0 Å². The smallest absolute Gasteiger partial charge is 0.385 e. The molecule has 1 atom stereocenters. The number of ether oxygens (including phenoxy) is 1. The van der Waals surface area contributed by atoms with Gasteiger partial charge >= 0.3 is 6.18 Å². The molecule has 0 aliphatic heterocycles. The van der Waals surface area contributed by atoms with Gasteiger partial charge in [0.2, 0.25) is 0 Å². The lowest BCUT2D eigenvalue weighted by molar-refractivity contribution is -0.137. The zero-order valence-corrected chi connectivity index (χ0v) is 9.18. The van der Waals surface area contributed by atoms with Crippen LogP contribution in [0.4, 0.5) is 13.2 Å². The highest BCUT2D eigenvalue weighted by molar-refractivity contribution is 4.66. The first-order valence-electron chi connectivity index (χ1n) is 4.85.